The number of hydrogen-bond donors (Lipinski definition) is 1. The number of thioether (sulfide) groups is 1. The van der Waals surface area contributed by atoms with Gasteiger partial charge in [0.15, 0.2) is 5.16 Å². The minimum Gasteiger partial charge on any atom is -0.301 e. The Bertz CT molecular complexity index is 673. The van der Waals surface area contributed by atoms with Crippen LogP contribution in [-0.4, -0.2) is 15.7 Å². The Kier molecular flexibility index (Phi) is 5.49. The molecule has 0 saturated heterocycles. The van der Waals surface area contributed by atoms with Crippen LogP contribution in [0.15, 0.2) is 9.95 Å². The summed E-state index contributed by atoms with van der Waals surface area (Å²) < 4.78 is 0. The molecule has 0 fully saturated rings. The number of aromatic nitrogens is 2. The summed E-state index contributed by atoms with van der Waals surface area (Å²) in [5.41, 5.74) is 1.22. The quantitative estimate of drug-likeness (QED) is 0.622. The summed E-state index contributed by atoms with van der Waals surface area (Å²) in [6.07, 6.45) is 2.09. The number of nitrogens with one attached hydrogen (secondary N) is 1. The van der Waals surface area contributed by atoms with Gasteiger partial charge < -0.3 is 4.98 Å². The predicted octanol–water partition coefficient (Wildman–Crippen LogP) is 4.63. The Morgan fingerprint density at radius 2 is 2.05 bits per heavy atom. The molecular formula is C16H24N2OS2. The zero-order chi connectivity index (χ0) is 15.6. The molecule has 0 saturated carbocycles. The van der Waals surface area contributed by atoms with Crippen LogP contribution in [0.3, 0.4) is 0 Å². The molecule has 0 radical (unpaired) electrons. The highest BCUT2D eigenvalue weighted by atomic mass is 32.2. The maximum Gasteiger partial charge on any atom is 0.260 e. The Morgan fingerprint density at radius 1 is 1.33 bits per heavy atom. The summed E-state index contributed by atoms with van der Waals surface area (Å²) in [5.74, 6) is 2.15. The molecule has 2 aromatic heterocycles. The summed E-state index contributed by atoms with van der Waals surface area (Å²) in [7, 11) is 0. The van der Waals surface area contributed by atoms with Gasteiger partial charge in [0.2, 0.25) is 0 Å². The molecule has 0 aromatic carbocycles. The van der Waals surface area contributed by atoms with Gasteiger partial charge in [-0.25, -0.2) is 4.98 Å². The van der Waals surface area contributed by atoms with Crippen LogP contribution >= 0.6 is 23.1 Å². The van der Waals surface area contributed by atoms with E-state index in [0.717, 1.165) is 34.0 Å². The first kappa shape index (κ1) is 16.6. The van der Waals surface area contributed by atoms with Crippen LogP contribution in [0.5, 0.6) is 0 Å². The third-order valence-electron chi connectivity index (χ3n) is 3.64. The van der Waals surface area contributed by atoms with Crippen LogP contribution in [0.2, 0.25) is 0 Å². The molecule has 5 heteroatoms. The predicted molar refractivity (Wildman–Crippen MR) is 93.7 cm³/mol. The van der Waals surface area contributed by atoms with E-state index in [4.69, 9.17) is 0 Å². The van der Waals surface area contributed by atoms with Crippen molar-refractivity contribution in [3.8, 4) is 0 Å². The number of aryl methyl sites for hydroxylation is 1. The van der Waals surface area contributed by atoms with Gasteiger partial charge in [0.1, 0.15) is 4.83 Å². The SMILES string of the molecule is CC[C@H](C)Cc1c(C)sc2nc(SCC(C)C)[nH]c(=O)c12. The molecule has 2 heterocycles. The smallest absolute Gasteiger partial charge is 0.260 e. The zero-order valence-corrected chi connectivity index (χ0v) is 15.1. The maximum absolute atomic E-state index is 12.4. The average molecular weight is 325 g/mol. The second-order valence-corrected chi connectivity index (χ2v) is 8.32. The molecule has 116 valence electrons. The molecule has 0 aliphatic rings. The van der Waals surface area contributed by atoms with E-state index in [1.54, 1.807) is 23.1 Å². The molecule has 0 aliphatic heterocycles. The van der Waals surface area contributed by atoms with Crippen LogP contribution in [0, 0.1) is 18.8 Å². The van der Waals surface area contributed by atoms with Crippen LogP contribution < -0.4 is 5.56 Å². The topological polar surface area (TPSA) is 45.8 Å². The van der Waals surface area contributed by atoms with Gasteiger partial charge in [0.05, 0.1) is 5.39 Å². The van der Waals surface area contributed by atoms with Crippen molar-refractivity contribution in [1.29, 1.82) is 0 Å². The molecule has 0 aliphatic carbocycles. The highest BCUT2D eigenvalue weighted by Crippen LogP contribution is 2.30. The van der Waals surface area contributed by atoms with Gasteiger partial charge in [0.25, 0.3) is 5.56 Å². The van der Waals surface area contributed by atoms with E-state index in [2.05, 4.69) is 44.6 Å². The second-order valence-electron chi connectivity index (χ2n) is 6.11. The van der Waals surface area contributed by atoms with Crippen LogP contribution in [0.4, 0.5) is 0 Å². The van der Waals surface area contributed by atoms with Gasteiger partial charge >= 0.3 is 0 Å². The first-order chi connectivity index (χ1) is 9.92. The minimum absolute atomic E-state index is 0.0221. The van der Waals surface area contributed by atoms with Gasteiger partial charge in [-0.2, -0.15) is 0 Å². The van der Waals surface area contributed by atoms with Gasteiger partial charge in [0, 0.05) is 10.6 Å². The monoisotopic (exact) mass is 324 g/mol. The van der Waals surface area contributed by atoms with E-state index in [1.807, 2.05) is 0 Å². The van der Waals surface area contributed by atoms with Gasteiger partial charge in [-0.1, -0.05) is 45.9 Å². The van der Waals surface area contributed by atoms with Gasteiger partial charge in [-0.3, -0.25) is 4.79 Å². The highest BCUT2D eigenvalue weighted by Gasteiger charge is 2.16. The molecule has 1 atom stereocenters. The van der Waals surface area contributed by atoms with Crippen molar-refractivity contribution in [3.05, 3.63) is 20.8 Å². The molecule has 2 rings (SSSR count). The molecule has 3 nitrogen and oxygen atoms in total. The van der Waals surface area contributed by atoms with E-state index in [1.165, 1.54) is 10.4 Å². The largest absolute Gasteiger partial charge is 0.301 e. The molecule has 2 aromatic rings. The minimum atomic E-state index is 0.0221. The van der Waals surface area contributed by atoms with Crippen LogP contribution in [-0.2, 0) is 6.42 Å². The van der Waals surface area contributed by atoms with E-state index < -0.39 is 0 Å². The molecule has 0 spiro atoms. The Labute approximate surface area is 134 Å². The summed E-state index contributed by atoms with van der Waals surface area (Å²) in [5, 5.41) is 1.56. The van der Waals surface area contributed by atoms with Crippen molar-refractivity contribution in [2.24, 2.45) is 11.8 Å². The lowest BCUT2D eigenvalue weighted by atomic mass is 9.98. The average Bonchev–Trinajstić information content (AvgIpc) is 2.73. The van der Waals surface area contributed by atoms with Crippen molar-refractivity contribution in [3.63, 3.8) is 0 Å². The van der Waals surface area contributed by atoms with Crippen molar-refractivity contribution in [2.75, 3.05) is 5.75 Å². The van der Waals surface area contributed by atoms with Gasteiger partial charge in [-0.15, -0.1) is 11.3 Å². The van der Waals surface area contributed by atoms with Crippen LogP contribution in [0.1, 0.15) is 44.6 Å². The first-order valence-corrected chi connectivity index (χ1v) is 9.37. The fourth-order valence-electron chi connectivity index (χ4n) is 2.21. The number of fused-ring (bicyclic) bond motifs is 1. The summed E-state index contributed by atoms with van der Waals surface area (Å²) >= 11 is 3.28. The molecule has 0 bridgehead atoms. The third-order valence-corrected chi connectivity index (χ3v) is 5.99. The number of nitrogens with zero attached hydrogens (tertiary/aromatic N) is 1. The van der Waals surface area contributed by atoms with Crippen LogP contribution in [0.25, 0.3) is 10.2 Å². The fraction of sp³-hybridized carbons (Fsp3) is 0.625. The van der Waals surface area contributed by atoms with E-state index in [0.29, 0.717) is 11.8 Å². The van der Waals surface area contributed by atoms with Crippen molar-refractivity contribution in [2.45, 2.75) is 52.6 Å². The number of rotatable bonds is 6. The number of H-pyrrole nitrogens is 1. The number of thiophene rings is 1. The van der Waals surface area contributed by atoms with E-state index in [9.17, 15) is 4.79 Å². The number of hydrogen-bond acceptors (Lipinski definition) is 4. The lowest BCUT2D eigenvalue weighted by Crippen LogP contribution is -2.11. The lowest BCUT2D eigenvalue weighted by molar-refractivity contribution is 0.561. The first-order valence-electron chi connectivity index (χ1n) is 7.57. The second kappa shape index (κ2) is 6.97. The summed E-state index contributed by atoms with van der Waals surface area (Å²) in [6.45, 7) is 10.9. The Morgan fingerprint density at radius 3 is 2.67 bits per heavy atom. The van der Waals surface area contributed by atoms with Gasteiger partial charge in [-0.05, 0) is 30.7 Å². The van der Waals surface area contributed by atoms with Crippen molar-refractivity contribution >= 4 is 33.3 Å². The van der Waals surface area contributed by atoms with Crippen molar-refractivity contribution in [1.82, 2.24) is 9.97 Å². The normalized spacial score (nSPS) is 13.2. The van der Waals surface area contributed by atoms with E-state index >= 15 is 0 Å². The molecule has 0 amide bonds. The third kappa shape index (κ3) is 3.89. The summed E-state index contributed by atoms with van der Waals surface area (Å²) in [4.78, 5) is 22.2. The lowest BCUT2D eigenvalue weighted by Gasteiger charge is -2.08. The number of aromatic amines is 1. The standard InChI is InChI=1S/C16H24N2OS2/c1-6-10(4)7-12-11(5)21-15-13(12)14(19)17-16(18-15)20-8-9(2)3/h9-10H,6-8H2,1-5H3,(H,17,18,19)/t10-/m0/s1. The molecular weight excluding hydrogens is 300 g/mol. The van der Waals surface area contributed by atoms with Crippen molar-refractivity contribution < 1.29 is 0 Å². The molecule has 0 unspecified atom stereocenters. The zero-order valence-electron chi connectivity index (χ0n) is 13.4. The molecule has 21 heavy (non-hydrogen) atoms. The fourth-order valence-corrected chi connectivity index (χ4v) is 4.13. The summed E-state index contributed by atoms with van der Waals surface area (Å²) in [6, 6.07) is 0. The highest BCUT2D eigenvalue weighted by molar-refractivity contribution is 7.99. The Hall–Kier alpha value is -0.810. The van der Waals surface area contributed by atoms with E-state index in [-0.39, 0.29) is 5.56 Å². The maximum atomic E-state index is 12.4. The molecule has 1 N–H and O–H groups in total. The Balaban J connectivity index is 2.41.